The highest BCUT2D eigenvalue weighted by Crippen LogP contribution is 2.31. The fourth-order valence-electron chi connectivity index (χ4n) is 2.19. The lowest BCUT2D eigenvalue weighted by atomic mass is 9.82. The second kappa shape index (κ2) is 4.69. The lowest BCUT2D eigenvalue weighted by Gasteiger charge is -2.34. The molecule has 1 aliphatic heterocycles. The Kier molecular flexibility index (Phi) is 3.40. The molecule has 1 fully saturated rings. The zero-order chi connectivity index (χ0) is 13.3. The van der Waals surface area contributed by atoms with Gasteiger partial charge in [0.2, 0.25) is 0 Å². The Morgan fingerprint density at radius 2 is 2.06 bits per heavy atom. The maximum atomic E-state index is 12.3. The Morgan fingerprint density at radius 3 is 2.50 bits per heavy atom. The summed E-state index contributed by atoms with van der Waals surface area (Å²) in [6.07, 6.45) is 1.51. The van der Waals surface area contributed by atoms with Crippen molar-refractivity contribution in [2.45, 2.75) is 33.6 Å². The molecule has 0 aromatic carbocycles. The van der Waals surface area contributed by atoms with Crippen LogP contribution in [0.5, 0.6) is 0 Å². The summed E-state index contributed by atoms with van der Waals surface area (Å²) in [4.78, 5) is 19.2. The summed E-state index contributed by atoms with van der Waals surface area (Å²) in [5.41, 5.74) is 0.547. The molecule has 0 atom stereocenters. The Morgan fingerprint density at radius 1 is 1.44 bits per heavy atom. The molecule has 0 bridgehead atoms. The van der Waals surface area contributed by atoms with Crippen molar-refractivity contribution in [3.05, 3.63) is 15.6 Å². The third-order valence-corrected chi connectivity index (χ3v) is 4.58. The Bertz CT molecular complexity index is 507. The minimum atomic E-state index is -0.268. The number of rotatable bonds is 1. The van der Waals surface area contributed by atoms with E-state index in [2.05, 4.69) is 11.1 Å². The van der Waals surface area contributed by atoms with E-state index in [-0.39, 0.29) is 11.3 Å². The first-order valence-corrected chi connectivity index (χ1v) is 6.91. The van der Waals surface area contributed by atoms with E-state index in [1.807, 2.05) is 25.7 Å². The molecule has 2 rings (SSSR count). The van der Waals surface area contributed by atoms with Crippen LogP contribution in [0.1, 0.15) is 40.1 Å². The van der Waals surface area contributed by atoms with Crippen LogP contribution in [-0.2, 0) is 0 Å². The maximum absolute atomic E-state index is 12.3. The van der Waals surface area contributed by atoms with Crippen molar-refractivity contribution >= 4 is 17.2 Å². The number of likely N-dealkylation sites (tertiary alicyclic amines) is 1. The van der Waals surface area contributed by atoms with Crippen LogP contribution in [0.15, 0.2) is 0 Å². The monoisotopic (exact) mass is 263 g/mol. The second-order valence-electron chi connectivity index (χ2n) is 5.11. The van der Waals surface area contributed by atoms with Crippen molar-refractivity contribution in [2.75, 3.05) is 13.1 Å². The fourth-order valence-corrected chi connectivity index (χ4v) is 3.08. The second-order valence-corrected chi connectivity index (χ2v) is 6.32. The number of amides is 1. The molecule has 4 nitrogen and oxygen atoms in total. The molecule has 96 valence electrons. The van der Waals surface area contributed by atoms with Crippen molar-refractivity contribution in [2.24, 2.45) is 5.41 Å². The molecule has 1 saturated heterocycles. The summed E-state index contributed by atoms with van der Waals surface area (Å²) in [7, 11) is 0. The molecule has 1 aromatic heterocycles. The minimum absolute atomic E-state index is 0.0677. The molecular weight excluding hydrogens is 246 g/mol. The summed E-state index contributed by atoms with van der Waals surface area (Å²) in [6.45, 7) is 7.09. The molecule has 5 heteroatoms. The molecule has 0 radical (unpaired) electrons. The van der Waals surface area contributed by atoms with Crippen molar-refractivity contribution in [3.8, 4) is 6.07 Å². The molecule has 0 N–H and O–H groups in total. The molecule has 0 saturated carbocycles. The number of hydrogen-bond donors (Lipinski definition) is 0. The van der Waals surface area contributed by atoms with E-state index in [0.717, 1.165) is 28.4 Å². The molecular formula is C13H17N3OS. The van der Waals surface area contributed by atoms with E-state index in [4.69, 9.17) is 5.26 Å². The first-order valence-electron chi connectivity index (χ1n) is 6.10. The molecule has 1 amide bonds. The predicted molar refractivity (Wildman–Crippen MR) is 70.4 cm³/mol. The van der Waals surface area contributed by atoms with Gasteiger partial charge in [-0.15, -0.1) is 11.3 Å². The molecule has 18 heavy (non-hydrogen) atoms. The van der Waals surface area contributed by atoms with E-state index in [9.17, 15) is 4.79 Å². The van der Waals surface area contributed by atoms with Crippen LogP contribution < -0.4 is 0 Å². The smallest absolute Gasteiger partial charge is 0.265 e. The van der Waals surface area contributed by atoms with Gasteiger partial charge >= 0.3 is 0 Å². The zero-order valence-corrected chi connectivity index (χ0v) is 11.8. The van der Waals surface area contributed by atoms with Crippen molar-refractivity contribution < 1.29 is 4.79 Å². The van der Waals surface area contributed by atoms with Crippen molar-refractivity contribution in [1.29, 1.82) is 5.26 Å². The summed E-state index contributed by atoms with van der Waals surface area (Å²) >= 11 is 1.45. The highest BCUT2D eigenvalue weighted by molar-refractivity contribution is 7.13. The third kappa shape index (κ3) is 2.39. The lowest BCUT2D eigenvalue weighted by molar-refractivity contribution is 0.0665. The van der Waals surface area contributed by atoms with Gasteiger partial charge in [0.05, 0.1) is 22.2 Å². The van der Waals surface area contributed by atoms with Gasteiger partial charge in [0.1, 0.15) is 4.88 Å². The number of hydrogen-bond acceptors (Lipinski definition) is 4. The van der Waals surface area contributed by atoms with Crippen LogP contribution in [0.2, 0.25) is 0 Å². The van der Waals surface area contributed by atoms with E-state index >= 15 is 0 Å². The fraction of sp³-hybridized carbons (Fsp3) is 0.615. The van der Waals surface area contributed by atoms with Gasteiger partial charge in [-0.25, -0.2) is 4.98 Å². The number of aromatic nitrogens is 1. The number of nitriles is 1. The summed E-state index contributed by atoms with van der Waals surface area (Å²) in [5, 5.41) is 10.0. The van der Waals surface area contributed by atoms with Crippen molar-refractivity contribution in [1.82, 2.24) is 9.88 Å². The number of aryl methyl sites for hydroxylation is 2. The molecule has 0 unspecified atom stereocenters. The maximum Gasteiger partial charge on any atom is 0.265 e. The minimum Gasteiger partial charge on any atom is -0.338 e. The predicted octanol–water partition coefficient (Wildman–Crippen LogP) is 2.53. The van der Waals surface area contributed by atoms with Gasteiger partial charge in [0.25, 0.3) is 5.91 Å². The Labute approximate surface area is 111 Å². The van der Waals surface area contributed by atoms with Crippen LogP contribution in [-0.4, -0.2) is 28.9 Å². The van der Waals surface area contributed by atoms with E-state index in [1.165, 1.54) is 11.3 Å². The molecule has 2 heterocycles. The third-order valence-electron chi connectivity index (χ3n) is 3.52. The summed E-state index contributed by atoms with van der Waals surface area (Å²) < 4.78 is 0. The Balaban J connectivity index is 2.09. The van der Waals surface area contributed by atoms with Gasteiger partial charge in [-0.2, -0.15) is 5.26 Å². The highest BCUT2D eigenvalue weighted by Gasteiger charge is 2.33. The van der Waals surface area contributed by atoms with E-state index < -0.39 is 0 Å². The summed E-state index contributed by atoms with van der Waals surface area (Å²) in [6, 6.07) is 2.35. The molecule has 1 aliphatic rings. The van der Waals surface area contributed by atoms with Crippen LogP contribution in [0.3, 0.4) is 0 Å². The zero-order valence-electron chi connectivity index (χ0n) is 11.0. The molecule has 0 spiro atoms. The van der Waals surface area contributed by atoms with Gasteiger partial charge in [-0.05, 0) is 33.6 Å². The van der Waals surface area contributed by atoms with Crippen LogP contribution in [0, 0.1) is 30.6 Å². The van der Waals surface area contributed by atoms with Gasteiger partial charge in [0, 0.05) is 13.1 Å². The average molecular weight is 263 g/mol. The number of carbonyl (C=O) groups is 1. The largest absolute Gasteiger partial charge is 0.338 e. The van der Waals surface area contributed by atoms with Gasteiger partial charge < -0.3 is 4.90 Å². The number of carbonyl (C=O) groups excluding carboxylic acids is 1. The quantitative estimate of drug-likeness (QED) is 0.782. The van der Waals surface area contributed by atoms with Crippen molar-refractivity contribution in [3.63, 3.8) is 0 Å². The standard InChI is InChI=1S/C13H17N3OS/c1-9-11(18-10(2)15-9)12(17)16-6-4-13(3,8-14)5-7-16/h4-7H2,1-3H3. The van der Waals surface area contributed by atoms with E-state index in [1.54, 1.807) is 0 Å². The number of thiazole rings is 1. The summed E-state index contributed by atoms with van der Waals surface area (Å²) in [5.74, 6) is 0.0677. The lowest BCUT2D eigenvalue weighted by Crippen LogP contribution is -2.41. The van der Waals surface area contributed by atoms with Gasteiger partial charge in [-0.1, -0.05) is 0 Å². The van der Waals surface area contributed by atoms with Gasteiger partial charge in [-0.3, -0.25) is 4.79 Å². The first kappa shape index (κ1) is 13.0. The Hall–Kier alpha value is -1.41. The van der Waals surface area contributed by atoms with Gasteiger partial charge in [0.15, 0.2) is 0 Å². The average Bonchev–Trinajstić information content (AvgIpc) is 2.69. The normalized spacial score (nSPS) is 18.4. The van der Waals surface area contributed by atoms with Crippen LogP contribution >= 0.6 is 11.3 Å². The molecule has 1 aromatic rings. The number of piperidine rings is 1. The SMILES string of the molecule is Cc1nc(C)c(C(=O)N2CCC(C)(C#N)CC2)s1. The van der Waals surface area contributed by atoms with Crippen LogP contribution in [0.25, 0.3) is 0 Å². The highest BCUT2D eigenvalue weighted by atomic mass is 32.1. The molecule has 0 aliphatic carbocycles. The first-order chi connectivity index (χ1) is 8.45. The number of nitrogens with zero attached hydrogens (tertiary/aromatic N) is 3. The topological polar surface area (TPSA) is 57.0 Å². The van der Waals surface area contributed by atoms with Crippen LogP contribution in [0.4, 0.5) is 0 Å². The van der Waals surface area contributed by atoms with E-state index in [0.29, 0.717) is 13.1 Å².